The Hall–Kier alpha value is -1.57. The molecule has 1 aromatic heterocycles. The van der Waals surface area contributed by atoms with Crippen molar-refractivity contribution in [3.63, 3.8) is 0 Å². The molecule has 6 nitrogen and oxygen atoms in total. The highest BCUT2D eigenvalue weighted by atomic mass is 35.5. The normalized spacial score (nSPS) is 16.4. The van der Waals surface area contributed by atoms with Crippen LogP contribution in [0.15, 0.2) is 24.3 Å². The van der Waals surface area contributed by atoms with Crippen molar-refractivity contribution in [3.8, 4) is 0 Å². The summed E-state index contributed by atoms with van der Waals surface area (Å²) >= 11 is 5.92. The number of nitrogens with zero attached hydrogens (tertiary/aromatic N) is 1. The largest absolute Gasteiger partial charge is 0.364 e. The van der Waals surface area contributed by atoms with Crippen LogP contribution in [0.2, 0.25) is 5.02 Å². The number of amides is 1. The molecule has 0 spiro atoms. The molecule has 3 rings (SSSR count). The molecule has 0 bridgehead atoms. The SMILES string of the molecule is NC(=O)c1cc2cc(Cl)ccc2n1S(=O)(=O)NC1CCCC1. The summed E-state index contributed by atoms with van der Waals surface area (Å²) in [6.45, 7) is 0. The van der Waals surface area contributed by atoms with Gasteiger partial charge in [-0.15, -0.1) is 0 Å². The van der Waals surface area contributed by atoms with Crippen LogP contribution in [0, 0.1) is 0 Å². The van der Waals surface area contributed by atoms with E-state index in [0.717, 1.165) is 29.7 Å². The fourth-order valence-corrected chi connectivity index (χ4v) is 4.67. The number of hydrogen-bond acceptors (Lipinski definition) is 3. The first-order valence-electron chi connectivity index (χ1n) is 7.02. The van der Waals surface area contributed by atoms with Crippen LogP contribution in [0.5, 0.6) is 0 Å². The van der Waals surface area contributed by atoms with Gasteiger partial charge in [-0.1, -0.05) is 24.4 Å². The van der Waals surface area contributed by atoms with Crippen LogP contribution in [0.4, 0.5) is 0 Å². The third kappa shape index (κ3) is 2.71. The number of primary amides is 1. The highest BCUT2D eigenvalue weighted by Gasteiger charge is 2.27. The maximum Gasteiger partial charge on any atom is 0.306 e. The van der Waals surface area contributed by atoms with Crippen LogP contribution >= 0.6 is 11.6 Å². The van der Waals surface area contributed by atoms with Crippen molar-refractivity contribution in [1.82, 2.24) is 8.69 Å². The van der Waals surface area contributed by atoms with Gasteiger partial charge in [-0.25, -0.2) is 3.97 Å². The molecule has 2 aromatic rings. The first-order valence-corrected chi connectivity index (χ1v) is 8.84. The summed E-state index contributed by atoms with van der Waals surface area (Å²) in [6, 6.07) is 6.09. The van der Waals surface area contributed by atoms with Crippen LogP contribution < -0.4 is 10.5 Å². The number of fused-ring (bicyclic) bond motifs is 1. The molecule has 0 radical (unpaired) electrons. The number of nitrogens with two attached hydrogens (primary N) is 1. The maximum atomic E-state index is 12.7. The molecular formula is C14H16ClN3O3S. The van der Waals surface area contributed by atoms with Gasteiger partial charge in [-0.2, -0.15) is 13.1 Å². The summed E-state index contributed by atoms with van der Waals surface area (Å²) in [5.41, 5.74) is 5.63. The summed E-state index contributed by atoms with van der Waals surface area (Å²) in [4.78, 5) is 11.6. The van der Waals surface area contributed by atoms with Gasteiger partial charge in [0.15, 0.2) is 0 Å². The Balaban J connectivity index is 2.15. The molecule has 1 heterocycles. The molecule has 1 aliphatic carbocycles. The summed E-state index contributed by atoms with van der Waals surface area (Å²) in [6.07, 6.45) is 3.60. The fourth-order valence-electron chi connectivity index (χ4n) is 2.90. The van der Waals surface area contributed by atoms with Crippen molar-refractivity contribution in [1.29, 1.82) is 0 Å². The summed E-state index contributed by atoms with van der Waals surface area (Å²) in [5.74, 6) is -0.802. The van der Waals surface area contributed by atoms with Crippen molar-refractivity contribution in [2.75, 3.05) is 0 Å². The predicted molar refractivity (Wildman–Crippen MR) is 85.2 cm³/mol. The molecule has 22 heavy (non-hydrogen) atoms. The second-order valence-electron chi connectivity index (χ2n) is 5.47. The second kappa shape index (κ2) is 5.57. The first kappa shape index (κ1) is 15.3. The summed E-state index contributed by atoms with van der Waals surface area (Å²) < 4.78 is 29.0. The molecule has 8 heteroatoms. The number of benzene rings is 1. The minimum absolute atomic E-state index is 0.0808. The molecule has 1 amide bonds. The van der Waals surface area contributed by atoms with E-state index in [9.17, 15) is 13.2 Å². The number of carbonyl (C=O) groups is 1. The molecule has 1 saturated carbocycles. The van der Waals surface area contributed by atoms with Crippen LogP contribution in [-0.4, -0.2) is 24.3 Å². The monoisotopic (exact) mass is 341 g/mol. The zero-order valence-electron chi connectivity index (χ0n) is 11.8. The van der Waals surface area contributed by atoms with Crippen molar-refractivity contribution in [2.45, 2.75) is 31.7 Å². The van der Waals surface area contributed by atoms with Crippen molar-refractivity contribution >= 4 is 38.6 Å². The van der Waals surface area contributed by atoms with E-state index in [4.69, 9.17) is 17.3 Å². The fraction of sp³-hybridized carbons (Fsp3) is 0.357. The molecule has 3 N–H and O–H groups in total. The maximum absolute atomic E-state index is 12.7. The smallest absolute Gasteiger partial charge is 0.306 e. The van der Waals surface area contributed by atoms with E-state index in [1.165, 1.54) is 6.07 Å². The predicted octanol–water partition coefficient (Wildman–Crippen LogP) is 2.02. The summed E-state index contributed by atoms with van der Waals surface area (Å²) in [5, 5.41) is 1.01. The molecule has 118 valence electrons. The van der Waals surface area contributed by atoms with E-state index in [-0.39, 0.29) is 11.7 Å². The lowest BCUT2D eigenvalue weighted by molar-refractivity contribution is 0.0995. The van der Waals surface area contributed by atoms with Crippen LogP contribution in [-0.2, 0) is 10.2 Å². The average Bonchev–Trinajstić information content (AvgIpc) is 3.04. The second-order valence-corrected chi connectivity index (χ2v) is 7.45. The number of nitrogens with one attached hydrogen (secondary N) is 1. The minimum Gasteiger partial charge on any atom is -0.364 e. The van der Waals surface area contributed by atoms with E-state index in [0.29, 0.717) is 15.9 Å². The molecule has 0 unspecified atom stereocenters. The van der Waals surface area contributed by atoms with Gasteiger partial charge in [-0.3, -0.25) is 4.79 Å². The number of hydrogen-bond donors (Lipinski definition) is 2. The van der Waals surface area contributed by atoms with Gasteiger partial charge in [0.25, 0.3) is 5.91 Å². The average molecular weight is 342 g/mol. The zero-order valence-corrected chi connectivity index (χ0v) is 13.3. The third-order valence-electron chi connectivity index (χ3n) is 3.88. The minimum atomic E-state index is -3.89. The van der Waals surface area contributed by atoms with E-state index in [1.54, 1.807) is 18.2 Å². The Kier molecular flexibility index (Phi) is 3.88. The van der Waals surface area contributed by atoms with Crippen LogP contribution in [0.25, 0.3) is 10.9 Å². The Morgan fingerprint density at radius 1 is 1.27 bits per heavy atom. The standard InChI is InChI=1S/C14H16ClN3O3S/c15-10-5-6-12-9(7-10)8-13(14(16)19)18(12)22(20,21)17-11-3-1-2-4-11/h5-8,11,17H,1-4H2,(H2,16,19). The van der Waals surface area contributed by atoms with E-state index in [2.05, 4.69) is 4.72 Å². The summed E-state index contributed by atoms with van der Waals surface area (Å²) in [7, 11) is -3.89. The highest BCUT2D eigenvalue weighted by molar-refractivity contribution is 7.88. The molecule has 1 aliphatic rings. The molecule has 0 saturated heterocycles. The Labute approximate surface area is 133 Å². The van der Waals surface area contributed by atoms with Gasteiger partial charge in [0, 0.05) is 16.5 Å². The number of carbonyl (C=O) groups excluding carboxylic acids is 1. The number of aromatic nitrogens is 1. The zero-order chi connectivity index (χ0) is 15.9. The highest BCUT2D eigenvalue weighted by Crippen LogP contribution is 2.26. The van der Waals surface area contributed by atoms with Crippen molar-refractivity contribution in [3.05, 3.63) is 35.0 Å². The number of halogens is 1. The van der Waals surface area contributed by atoms with Crippen LogP contribution in [0.3, 0.4) is 0 Å². The van der Waals surface area contributed by atoms with Gasteiger partial charge in [-0.05, 0) is 37.1 Å². The van der Waals surface area contributed by atoms with Crippen molar-refractivity contribution in [2.24, 2.45) is 5.73 Å². The van der Waals surface area contributed by atoms with Crippen molar-refractivity contribution < 1.29 is 13.2 Å². The molecule has 1 fully saturated rings. The van der Waals surface area contributed by atoms with Gasteiger partial charge in [0.05, 0.1) is 5.52 Å². The van der Waals surface area contributed by atoms with E-state index in [1.807, 2.05) is 0 Å². The lowest BCUT2D eigenvalue weighted by Gasteiger charge is -2.15. The van der Waals surface area contributed by atoms with E-state index >= 15 is 0 Å². The van der Waals surface area contributed by atoms with Gasteiger partial charge in [0.2, 0.25) is 0 Å². The molecule has 0 aliphatic heterocycles. The Morgan fingerprint density at radius 3 is 2.59 bits per heavy atom. The lowest BCUT2D eigenvalue weighted by Crippen LogP contribution is -2.38. The topological polar surface area (TPSA) is 94.2 Å². The van der Waals surface area contributed by atoms with Gasteiger partial charge < -0.3 is 5.73 Å². The first-order chi connectivity index (χ1) is 10.4. The molecular weight excluding hydrogens is 326 g/mol. The molecule has 0 atom stereocenters. The quantitative estimate of drug-likeness (QED) is 0.890. The van der Waals surface area contributed by atoms with Gasteiger partial charge in [0.1, 0.15) is 5.69 Å². The Morgan fingerprint density at radius 2 is 1.95 bits per heavy atom. The lowest BCUT2D eigenvalue weighted by atomic mass is 10.2. The van der Waals surface area contributed by atoms with E-state index < -0.39 is 16.1 Å². The van der Waals surface area contributed by atoms with Crippen LogP contribution in [0.1, 0.15) is 36.2 Å². The molecule has 1 aromatic carbocycles. The van der Waals surface area contributed by atoms with Gasteiger partial charge >= 0.3 is 10.2 Å². The number of rotatable bonds is 4. The third-order valence-corrected chi connectivity index (χ3v) is 5.62. The Bertz CT molecular complexity index is 838.